The Morgan fingerprint density at radius 2 is 1.88 bits per heavy atom. The molecule has 0 aliphatic carbocycles. The summed E-state index contributed by atoms with van der Waals surface area (Å²) in [5.74, 6) is -0.310. The van der Waals surface area contributed by atoms with Gasteiger partial charge < -0.3 is 4.74 Å². The van der Waals surface area contributed by atoms with E-state index in [2.05, 4.69) is 0 Å². The van der Waals surface area contributed by atoms with Crippen molar-refractivity contribution >= 4 is 17.9 Å². The van der Waals surface area contributed by atoms with Crippen molar-refractivity contribution in [3.05, 3.63) is 54.4 Å². The Morgan fingerprint density at radius 3 is 2.56 bits per heavy atom. The third kappa shape index (κ3) is 2.28. The Balaban J connectivity index is 2.30. The maximum Gasteiger partial charge on any atom is 0.339 e. The SMILES string of the molecule is COC(=O)c1ccccc1Sn1cccc1. The fourth-order valence-electron chi connectivity index (χ4n) is 1.32. The number of nitrogens with zero attached hydrogens (tertiary/aromatic N) is 1. The average molecular weight is 233 g/mol. The van der Waals surface area contributed by atoms with Crippen LogP contribution < -0.4 is 0 Å². The Bertz CT molecular complexity index is 480. The Kier molecular flexibility index (Phi) is 3.31. The van der Waals surface area contributed by atoms with E-state index in [-0.39, 0.29) is 5.97 Å². The second-order valence-corrected chi connectivity index (χ2v) is 4.17. The second kappa shape index (κ2) is 4.90. The normalized spacial score (nSPS) is 10.1. The molecule has 0 aliphatic rings. The van der Waals surface area contributed by atoms with Crippen LogP contribution in [0, 0.1) is 0 Å². The van der Waals surface area contributed by atoms with Crippen molar-refractivity contribution in [2.24, 2.45) is 0 Å². The van der Waals surface area contributed by atoms with E-state index in [1.807, 2.05) is 46.7 Å². The number of carbonyl (C=O) groups is 1. The van der Waals surface area contributed by atoms with Crippen molar-refractivity contribution in [3.63, 3.8) is 0 Å². The zero-order valence-electron chi connectivity index (χ0n) is 8.79. The van der Waals surface area contributed by atoms with Crippen molar-refractivity contribution in [1.82, 2.24) is 3.97 Å². The largest absolute Gasteiger partial charge is 0.465 e. The van der Waals surface area contributed by atoms with Gasteiger partial charge in [0.15, 0.2) is 0 Å². The van der Waals surface area contributed by atoms with Gasteiger partial charge in [0.1, 0.15) is 0 Å². The van der Waals surface area contributed by atoms with Crippen molar-refractivity contribution in [1.29, 1.82) is 0 Å². The van der Waals surface area contributed by atoms with Gasteiger partial charge in [0.2, 0.25) is 0 Å². The molecule has 4 heteroatoms. The summed E-state index contributed by atoms with van der Waals surface area (Å²) < 4.78 is 6.67. The van der Waals surface area contributed by atoms with E-state index >= 15 is 0 Å². The van der Waals surface area contributed by atoms with Crippen molar-refractivity contribution in [3.8, 4) is 0 Å². The van der Waals surface area contributed by atoms with Crippen molar-refractivity contribution in [2.75, 3.05) is 7.11 Å². The molecule has 1 heterocycles. The standard InChI is InChI=1S/C12H11NO2S/c1-15-12(14)10-6-2-3-7-11(10)16-13-8-4-5-9-13/h2-9H,1H3. The molecule has 0 amide bonds. The molecule has 82 valence electrons. The van der Waals surface area contributed by atoms with Gasteiger partial charge in [0.05, 0.1) is 12.7 Å². The average Bonchev–Trinajstić information content (AvgIpc) is 2.82. The summed E-state index contributed by atoms with van der Waals surface area (Å²) in [7, 11) is 1.39. The van der Waals surface area contributed by atoms with Gasteiger partial charge >= 0.3 is 5.97 Å². The van der Waals surface area contributed by atoms with E-state index in [1.165, 1.54) is 19.1 Å². The first-order chi connectivity index (χ1) is 7.81. The molecule has 0 radical (unpaired) electrons. The van der Waals surface area contributed by atoms with Crippen LogP contribution in [0.5, 0.6) is 0 Å². The molecule has 0 saturated carbocycles. The maximum absolute atomic E-state index is 11.5. The van der Waals surface area contributed by atoms with Crippen LogP contribution in [0.1, 0.15) is 10.4 Å². The number of aromatic nitrogens is 1. The van der Waals surface area contributed by atoms with Gasteiger partial charge in [-0.1, -0.05) is 12.1 Å². The monoisotopic (exact) mass is 233 g/mol. The van der Waals surface area contributed by atoms with Crippen LogP contribution in [0.2, 0.25) is 0 Å². The molecule has 0 atom stereocenters. The summed E-state index contributed by atoms with van der Waals surface area (Å²) in [5, 5.41) is 0. The molecule has 0 N–H and O–H groups in total. The quantitative estimate of drug-likeness (QED) is 0.764. The van der Waals surface area contributed by atoms with Crippen molar-refractivity contribution in [2.45, 2.75) is 4.90 Å². The lowest BCUT2D eigenvalue weighted by Crippen LogP contribution is -2.03. The molecule has 0 saturated heterocycles. The Labute approximate surface area is 98.2 Å². The number of hydrogen-bond donors (Lipinski definition) is 0. The number of esters is 1. The lowest BCUT2D eigenvalue weighted by atomic mass is 10.2. The smallest absolute Gasteiger partial charge is 0.339 e. The van der Waals surface area contributed by atoms with Crippen LogP contribution in [0.15, 0.2) is 53.7 Å². The predicted molar refractivity (Wildman–Crippen MR) is 63.5 cm³/mol. The first-order valence-corrected chi connectivity index (χ1v) is 5.57. The number of carbonyl (C=O) groups excluding carboxylic acids is 1. The van der Waals surface area contributed by atoms with Crippen LogP contribution in [-0.2, 0) is 4.74 Å². The van der Waals surface area contributed by atoms with E-state index in [4.69, 9.17) is 4.74 Å². The summed E-state index contributed by atoms with van der Waals surface area (Å²) in [6.07, 6.45) is 3.86. The van der Waals surface area contributed by atoms with E-state index in [0.29, 0.717) is 5.56 Å². The van der Waals surface area contributed by atoms with Gasteiger partial charge in [-0.3, -0.25) is 3.97 Å². The maximum atomic E-state index is 11.5. The molecule has 0 fully saturated rings. The highest BCUT2D eigenvalue weighted by Gasteiger charge is 2.11. The van der Waals surface area contributed by atoms with Crippen LogP contribution in [0.3, 0.4) is 0 Å². The number of methoxy groups -OCH3 is 1. The van der Waals surface area contributed by atoms with Gasteiger partial charge in [-0.05, 0) is 36.2 Å². The van der Waals surface area contributed by atoms with Crippen molar-refractivity contribution < 1.29 is 9.53 Å². The summed E-state index contributed by atoms with van der Waals surface area (Å²) in [4.78, 5) is 12.4. The first kappa shape index (κ1) is 10.8. The topological polar surface area (TPSA) is 31.2 Å². The number of ether oxygens (including phenoxy) is 1. The van der Waals surface area contributed by atoms with Crippen LogP contribution in [0.25, 0.3) is 0 Å². The molecule has 2 aromatic rings. The predicted octanol–water partition coefficient (Wildman–Crippen LogP) is 2.83. The molecule has 0 bridgehead atoms. The molecule has 2 rings (SSSR count). The highest BCUT2D eigenvalue weighted by molar-refractivity contribution is 7.97. The highest BCUT2D eigenvalue weighted by Crippen LogP contribution is 2.24. The summed E-state index contributed by atoms with van der Waals surface area (Å²) in [5.41, 5.74) is 0.587. The zero-order valence-corrected chi connectivity index (χ0v) is 9.61. The molecular formula is C12H11NO2S. The molecule has 16 heavy (non-hydrogen) atoms. The molecular weight excluding hydrogens is 222 g/mol. The zero-order chi connectivity index (χ0) is 11.4. The van der Waals surface area contributed by atoms with E-state index in [9.17, 15) is 4.79 Å². The van der Waals surface area contributed by atoms with Gasteiger partial charge in [-0.15, -0.1) is 0 Å². The molecule has 3 nitrogen and oxygen atoms in total. The molecule has 0 aliphatic heterocycles. The third-order valence-corrected chi connectivity index (χ3v) is 3.08. The molecule has 0 unspecified atom stereocenters. The minimum atomic E-state index is -0.310. The molecule has 1 aromatic heterocycles. The van der Waals surface area contributed by atoms with Gasteiger partial charge in [0, 0.05) is 17.3 Å². The molecule has 1 aromatic carbocycles. The summed E-state index contributed by atoms with van der Waals surface area (Å²) >= 11 is 1.48. The van der Waals surface area contributed by atoms with Crippen LogP contribution in [0.4, 0.5) is 0 Å². The minimum absolute atomic E-state index is 0.310. The van der Waals surface area contributed by atoms with E-state index in [0.717, 1.165) is 4.90 Å². The highest BCUT2D eigenvalue weighted by atomic mass is 32.2. The lowest BCUT2D eigenvalue weighted by molar-refractivity contribution is 0.0597. The fraction of sp³-hybridized carbons (Fsp3) is 0.0833. The van der Waals surface area contributed by atoms with Crippen LogP contribution >= 0.6 is 11.9 Å². The van der Waals surface area contributed by atoms with Gasteiger partial charge in [-0.2, -0.15) is 0 Å². The summed E-state index contributed by atoms with van der Waals surface area (Å²) in [6.45, 7) is 0. The Morgan fingerprint density at radius 1 is 1.19 bits per heavy atom. The molecule has 0 spiro atoms. The second-order valence-electron chi connectivity index (χ2n) is 3.12. The summed E-state index contributed by atoms with van der Waals surface area (Å²) in [6, 6.07) is 11.3. The third-order valence-electron chi connectivity index (χ3n) is 2.07. The first-order valence-electron chi connectivity index (χ1n) is 4.80. The Hall–Kier alpha value is -1.68. The van der Waals surface area contributed by atoms with E-state index < -0.39 is 0 Å². The fourth-order valence-corrected chi connectivity index (χ4v) is 2.20. The van der Waals surface area contributed by atoms with E-state index in [1.54, 1.807) is 6.07 Å². The lowest BCUT2D eigenvalue weighted by Gasteiger charge is -2.07. The number of benzene rings is 1. The van der Waals surface area contributed by atoms with Gasteiger partial charge in [-0.25, -0.2) is 4.79 Å². The van der Waals surface area contributed by atoms with Crippen LogP contribution in [-0.4, -0.2) is 17.1 Å². The number of hydrogen-bond acceptors (Lipinski definition) is 3. The minimum Gasteiger partial charge on any atom is -0.465 e. The van der Waals surface area contributed by atoms with Gasteiger partial charge in [0.25, 0.3) is 0 Å². The number of rotatable bonds is 3.